The minimum Gasteiger partial charge on any atom is -0.341 e. The predicted molar refractivity (Wildman–Crippen MR) is 148 cm³/mol. The van der Waals surface area contributed by atoms with Crippen molar-refractivity contribution in [3.8, 4) is 11.8 Å². The average Bonchev–Trinajstić information content (AvgIpc) is 3.31. The molecule has 5 aromatic rings. The van der Waals surface area contributed by atoms with E-state index in [2.05, 4.69) is 40.0 Å². The van der Waals surface area contributed by atoms with Gasteiger partial charge in [-0.25, -0.2) is 9.67 Å². The average molecular weight is 492 g/mol. The first-order valence-corrected chi connectivity index (χ1v) is 12.7. The van der Waals surface area contributed by atoms with Gasteiger partial charge in [-0.15, -0.1) is 5.92 Å². The van der Waals surface area contributed by atoms with Gasteiger partial charge in [0.05, 0.1) is 30.0 Å². The van der Waals surface area contributed by atoms with Gasteiger partial charge in [0.1, 0.15) is 11.0 Å². The molecule has 0 radical (unpaired) electrons. The third-order valence-electron chi connectivity index (χ3n) is 7.14. The van der Waals surface area contributed by atoms with E-state index in [1.165, 1.54) is 4.68 Å². The van der Waals surface area contributed by atoms with Gasteiger partial charge >= 0.3 is 0 Å². The van der Waals surface area contributed by atoms with Gasteiger partial charge in [0.25, 0.3) is 5.56 Å². The Bertz CT molecular complexity index is 1770. The fourth-order valence-electron chi connectivity index (χ4n) is 5.39. The van der Waals surface area contributed by atoms with Crippen LogP contribution in [-0.2, 0) is 13.1 Å². The molecule has 1 saturated heterocycles. The maximum atomic E-state index is 13.9. The summed E-state index contributed by atoms with van der Waals surface area (Å²) in [5.41, 5.74) is 9.62. The molecule has 0 aliphatic carbocycles. The molecule has 0 amide bonds. The van der Waals surface area contributed by atoms with Crippen LogP contribution in [0.15, 0.2) is 53.3 Å². The minimum atomic E-state index is -0.197. The molecule has 1 aliphatic rings. The Morgan fingerprint density at radius 3 is 2.59 bits per heavy atom. The van der Waals surface area contributed by atoms with E-state index in [1.807, 2.05) is 41.8 Å². The van der Waals surface area contributed by atoms with E-state index in [9.17, 15) is 4.79 Å². The molecule has 0 bridgehead atoms. The normalized spacial score (nSPS) is 15.9. The van der Waals surface area contributed by atoms with Crippen LogP contribution in [0.2, 0.25) is 0 Å². The molecule has 1 aliphatic heterocycles. The minimum absolute atomic E-state index is 0.0856. The Kier molecular flexibility index (Phi) is 5.85. The molecule has 37 heavy (non-hydrogen) atoms. The zero-order valence-electron chi connectivity index (χ0n) is 21.1. The second-order valence-corrected chi connectivity index (χ2v) is 9.64. The summed E-state index contributed by atoms with van der Waals surface area (Å²) in [6, 6.07) is 16.4. The van der Waals surface area contributed by atoms with Crippen molar-refractivity contribution < 1.29 is 0 Å². The Labute approximate surface area is 214 Å². The molecule has 0 spiro atoms. The van der Waals surface area contributed by atoms with E-state index in [-0.39, 0.29) is 18.1 Å². The Morgan fingerprint density at radius 1 is 1.05 bits per heavy atom. The highest BCUT2D eigenvalue weighted by Gasteiger charge is 2.25. The van der Waals surface area contributed by atoms with Gasteiger partial charge in [-0.2, -0.15) is 5.10 Å². The second kappa shape index (κ2) is 9.34. The van der Waals surface area contributed by atoms with Gasteiger partial charge in [-0.3, -0.25) is 14.3 Å². The van der Waals surface area contributed by atoms with Crippen LogP contribution >= 0.6 is 0 Å². The van der Waals surface area contributed by atoms with Crippen LogP contribution in [-0.4, -0.2) is 43.4 Å². The fourth-order valence-corrected chi connectivity index (χ4v) is 5.39. The lowest BCUT2D eigenvalue weighted by Gasteiger charge is -2.31. The molecule has 1 fully saturated rings. The first kappa shape index (κ1) is 23.2. The van der Waals surface area contributed by atoms with Crippen molar-refractivity contribution in [3.63, 3.8) is 0 Å². The van der Waals surface area contributed by atoms with Crippen molar-refractivity contribution >= 4 is 38.7 Å². The van der Waals surface area contributed by atoms with E-state index < -0.39 is 0 Å². The van der Waals surface area contributed by atoms with Crippen molar-refractivity contribution in [2.75, 3.05) is 18.0 Å². The number of fused-ring (bicyclic) bond motifs is 4. The van der Waals surface area contributed by atoms with E-state index in [1.54, 1.807) is 6.92 Å². The summed E-state index contributed by atoms with van der Waals surface area (Å²) in [6.07, 6.45) is 1.98. The molecule has 8 heteroatoms. The molecular formula is C29H29N7O. The smallest absolute Gasteiger partial charge is 0.293 e. The van der Waals surface area contributed by atoms with Crippen molar-refractivity contribution in [3.05, 3.63) is 70.3 Å². The summed E-state index contributed by atoms with van der Waals surface area (Å²) in [6.45, 7) is 5.90. The number of para-hydroxylation sites is 1. The predicted octanol–water partition coefficient (Wildman–Crippen LogP) is 3.60. The molecule has 3 aromatic heterocycles. The van der Waals surface area contributed by atoms with Crippen molar-refractivity contribution in [1.29, 1.82) is 0 Å². The van der Waals surface area contributed by atoms with Gasteiger partial charge in [-0.05, 0) is 38.1 Å². The summed E-state index contributed by atoms with van der Waals surface area (Å²) in [4.78, 5) is 26.0. The number of hydrogen-bond acceptors (Lipinski definition) is 6. The maximum absolute atomic E-state index is 13.9. The van der Waals surface area contributed by atoms with Crippen LogP contribution in [0.3, 0.4) is 0 Å². The van der Waals surface area contributed by atoms with Crippen LogP contribution in [0.25, 0.3) is 32.7 Å². The van der Waals surface area contributed by atoms with E-state index >= 15 is 0 Å². The third kappa shape index (κ3) is 4.02. The van der Waals surface area contributed by atoms with Crippen molar-refractivity contribution in [2.45, 2.75) is 45.8 Å². The van der Waals surface area contributed by atoms with Gasteiger partial charge < -0.3 is 10.6 Å². The molecule has 2 aromatic carbocycles. The second-order valence-electron chi connectivity index (χ2n) is 9.64. The number of hydrogen-bond donors (Lipinski definition) is 1. The van der Waals surface area contributed by atoms with Crippen molar-refractivity contribution in [2.24, 2.45) is 5.73 Å². The highest BCUT2D eigenvalue weighted by molar-refractivity contribution is 6.06. The number of aryl methyl sites for hydroxylation is 1. The summed E-state index contributed by atoms with van der Waals surface area (Å²) in [5.74, 6) is 6.82. The third-order valence-corrected chi connectivity index (χ3v) is 7.14. The monoisotopic (exact) mass is 491 g/mol. The largest absolute Gasteiger partial charge is 0.341 e. The number of nitrogens with zero attached hydrogens (tertiary/aromatic N) is 6. The SMILES string of the molecule is CC#CCn1c(N2CCC[C@@H](N)C2)nc2c(C)nn(Cc3nc4ccccc4c4ccccc34)c(=O)c21. The van der Waals surface area contributed by atoms with Gasteiger partial charge in [0, 0.05) is 29.9 Å². The first-order valence-electron chi connectivity index (χ1n) is 12.7. The zero-order chi connectivity index (χ0) is 25.5. The fraction of sp³-hybridized carbons (Fsp3) is 0.310. The number of piperidine rings is 1. The highest BCUT2D eigenvalue weighted by Crippen LogP contribution is 2.28. The molecule has 0 saturated carbocycles. The molecule has 186 valence electrons. The summed E-state index contributed by atoms with van der Waals surface area (Å²) < 4.78 is 3.45. The van der Waals surface area contributed by atoms with Crippen LogP contribution in [0.5, 0.6) is 0 Å². The Hall–Kier alpha value is -4.22. The summed E-state index contributed by atoms with van der Waals surface area (Å²) in [7, 11) is 0. The highest BCUT2D eigenvalue weighted by atomic mass is 16.1. The number of nitrogens with two attached hydrogens (primary N) is 1. The molecule has 4 heterocycles. The quantitative estimate of drug-likeness (QED) is 0.305. The number of aromatic nitrogens is 5. The molecular weight excluding hydrogens is 462 g/mol. The number of anilines is 1. The number of benzene rings is 2. The standard InChI is InChI=1S/C29H29N7O/c1-3-4-16-35-27-26(32-29(35)34-15-9-10-20(30)17-34)19(2)33-36(28(27)37)18-25-23-13-6-5-11-21(23)22-12-7-8-14-24(22)31-25/h5-8,11-14,20H,9-10,15-18,30H2,1-2H3/t20-/m1/s1. The van der Waals surface area contributed by atoms with Crippen LogP contribution < -0.4 is 16.2 Å². The van der Waals surface area contributed by atoms with Crippen LogP contribution in [0.1, 0.15) is 31.2 Å². The summed E-state index contributed by atoms with van der Waals surface area (Å²) in [5, 5.41) is 7.91. The number of pyridine rings is 1. The number of rotatable bonds is 4. The lowest BCUT2D eigenvalue weighted by atomic mass is 10.0. The Balaban J connectivity index is 1.53. The van der Waals surface area contributed by atoms with Crippen LogP contribution in [0, 0.1) is 18.8 Å². The van der Waals surface area contributed by atoms with Crippen molar-refractivity contribution in [1.82, 2.24) is 24.3 Å². The molecule has 0 unspecified atom stereocenters. The summed E-state index contributed by atoms with van der Waals surface area (Å²) >= 11 is 0. The van der Waals surface area contributed by atoms with Gasteiger partial charge in [0.2, 0.25) is 5.95 Å². The van der Waals surface area contributed by atoms with E-state index in [0.717, 1.165) is 52.7 Å². The van der Waals surface area contributed by atoms with E-state index in [4.69, 9.17) is 15.7 Å². The van der Waals surface area contributed by atoms with Crippen LogP contribution in [0.4, 0.5) is 5.95 Å². The molecule has 6 rings (SSSR count). The topological polar surface area (TPSA) is 94.9 Å². The lowest BCUT2D eigenvalue weighted by Crippen LogP contribution is -2.44. The number of imidazole rings is 1. The lowest BCUT2D eigenvalue weighted by molar-refractivity contribution is 0.496. The maximum Gasteiger partial charge on any atom is 0.293 e. The molecule has 2 N–H and O–H groups in total. The van der Waals surface area contributed by atoms with E-state index in [0.29, 0.717) is 29.8 Å². The zero-order valence-corrected chi connectivity index (χ0v) is 21.1. The van der Waals surface area contributed by atoms with Gasteiger partial charge in [0.15, 0.2) is 0 Å². The Morgan fingerprint density at radius 2 is 1.81 bits per heavy atom. The molecule has 8 nitrogen and oxygen atoms in total. The first-order chi connectivity index (χ1) is 18.0. The van der Waals surface area contributed by atoms with Gasteiger partial charge in [-0.1, -0.05) is 48.4 Å². The molecule has 1 atom stereocenters.